The summed E-state index contributed by atoms with van der Waals surface area (Å²) < 4.78 is 0. The van der Waals surface area contributed by atoms with Gasteiger partial charge in [-0.25, -0.2) is 0 Å². The Morgan fingerprint density at radius 2 is 2.15 bits per heavy atom. The lowest BCUT2D eigenvalue weighted by atomic mass is 10.1. The Labute approximate surface area is 120 Å². The molecule has 0 radical (unpaired) electrons. The average molecular weight is 286 g/mol. The molecule has 0 saturated carbocycles. The average Bonchev–Trinajstić information content (AvgIpc) is 2.84. The van der Waals surface area contributed by atoms with Gasteiger partial charge in [0.2, 0.25) is 0 Å². The fourth-order valence-corrected chi connectivity index (χ4v) is 2.78. The summed E-state index contributed by atoms with van der Waals surface area (Å²) >= 11 is 0. The van der Waals surface area contributed by atoms with Gasteiger partial charge in [-0.2, -0.15) is 0 Å². The second-order valence-electron chi connectivity index (χ2n) is 5.37. The zero-order valence-corrected chi connectivity index (χ0v) is 12.2. The molecule has 1 aliphatic heterocycles. The molecule has 1 rings (SSSR count). The third kappa shape index (κ3) is 5.88. The molecule has 6 heteroatoms. The second-order valence-corrected chi connectivity index (χ2v) is 5.37. The van der Waals surface area contributed by atoms with Crippen LogP contribution in [0.2, 0.25) is 0 Å². The van der Waals surface area contributed by atoms with Gasteiger partial charge in [-0.1, -0.05) is 6.92 Å². The van der Waals surface area contributed by atoms with Crippen molar-refractivity contribution in [2.75, 3.05) is 19.6 Å². The van der Waals surface area contributed by atoms with Crippen LogP contribution in [0.25, 0.3) is 0 Å². The van der Waals surface area contributed by atoms with Gasteiger partial charge >= 0.3 is 11.9 Å². The lowest BCUT2D eigenvalue weighted by molar-refractivity contribution is -0.139. The first-order valence-electron chi connectivity index (χ1n) is 7.46. The highest BCUT2D eigenvalue weighted by molar-refractivity contribution is 5.73. The highest BCUT2D eigenvalue weighted by atomic mass is 16.4. The van der Waals surface area contributed by atoms with Gasteiger partial charge in [0.15, 0.2) is 0 Å². The molecule has 0 aliphatic carbocycles. The van der Waals surface area contributed by atoms with E-state index < -0.39 is 18.0 Å². The van der Waals surface area contributed by atoms with E-state index in [0.717, 1.165) is 19.5 Å². The Hall–Kier alpha value is -1.14. The van der Waals surface area contributed by atoms with Gasteiger partial charge in [0.25, 0.3) is 0 Å². The minimum Gasteiger partial charge on any atom is -0.481 e. The number of nitrogens with one attached hydrogen (secondary N) is 1. The number of likely N-dealkylation sites (tertiary alicyclic amines) is 1. The van der Waals surface area contributed by atoms with E-state index >= 15 is 0 Å². The maximum Gasteiger partial charge on any atom is 0.320 e. The summed E-state index contributed by atoms with van der Waals surface area (Å²) in [5.74, 6) is -1.70. The van der Waals surface area contributed by atoms with Gasteiger partial charge in [0.05, 0.1) is 0 Å². The predicted octanol–water partition coefficient (Wildman–Crippen LogP) is 1.16. The van der Waals surface area contributed by atoms with E-state index in [9.17, 15) is 14.7 Å². The van der Waals surface area contributed by atoms with Crippen LogP contribution in [0.3, 0.4) is 0 Å². The Morgan fingerprint density at radius 1 is 1.40 bits per heavy atom. The number of carbonyl (C=O) groups is 2. The number of carboxylic acids is 2. The fraction of sp³-hybridized carbons (Fsp3) is 0.857. The van der Waals surface area contributed by atoms with E-state index in [0.29, 0.717) is 25.4 Å². The summed E-state index contributed by atoms with van der Waals surface area (Å²) in [4.78, 5) is 24.0. The number of aliphatic carboxylic acids is 2. The van der Waals surface area contributed by atoms with Crippen LogP contribution in [0.4, 0.5) is 0 Å². The molecule has 6 nitrogen and oxygen atoms in total. The summed E-state index contributed by atoms with van der Waals surface area (Å²) in [6.45, 7) is 4.45. The predicted molar refractivity (Wildman–Crippen MR) is 75.8 cm³/mol. The molecule has 1 fully saturated rings. The third-order valence-corrected chi connectivity index (χ3v) is 3.93. The fourth-order valence-electron chi connectivity index (χ4n) is 2.78. The van der Waals surface area contributed by atoms with E-state index in [1.807, 2.05) is 0 Å². The van der Waals surface area contributed by atoms with Gasteiger partial charge in [-0.05, 0) is 45.2 Å². The van der Waals surface area contributed by atoms with Gasteiger partial charge in [0, 0.05) is 19.0 Å². The van der Waals surface area contributed by atoms with Crippen molar-refractivity contribution in [1.82, 2.24) is 10.2 Å². The van der Waals surface area contributed by atoms with Crippen LogP contribution >= 0.6 is 0 Å². The second kappa shape index (κ2) is 8.92. The molecule has 0 aromatic carbocycles. The maximum atomic E-state index is 11.2. The van der Waals surface area contributed by atoms with Crippen LogP contribution in [0, 0.1) is 0 Å². The Balaban J connectivity index is 2.28. The van der Waals surface area contributed by atoms with E-state index in [4.69, 9.17) is 5.11 Å². The SMILES string of the molecule is CC[C@@H]1CCCN1CC[C@H](NCCCC(=O)O)C(=O)O. The van der Waals surface area contributed by atoms with E-state index in [-0.39, 0.29) is 6.42 Å². The molecule has 116 valence electrons. The number of carboxylic acid groups (broad SMARTS) is 2. The van der Waals surface area contributed by atoms with Crippen LogP contribution < -0.4 is 5.32 Å². The van der Waals surface area contributed by atoms with Gasteiger partial charge in [-0.3, -0.25) is 9.59 Å². The topological polar surface area (TPSA) is 89.9 Å². The molecule has 1 aliphatic rings. The van der Waals surface area contributed by atoms with Crippen molar-refractivity contribution >= 4 is 11.9 Å². The summed E-state index contributed by atoms with van der Waals surface area (Å²) in [6, 6.07) is 0.0124. The number of nitrogens with zero attached hydrogens (tertiary/aromatic N) is 1. The molecule has 0 bridgehead atoms. The van der Waals surface area contributed by atoms with Crippen LogP contribution in [0.15, 0.2) is 0 Å². The summed E-state index contributed by atoms with van der Waals surface area (Å²) in [5.41, 5.74) is 0. The van der Waals surface area contributed by atoms with Gasteiger partial charge in [-0.15, -0.1) is 0 Å². The highest BCUT2D eigenvalue weighted by Crippen LogP contribution is 2.20. The molecule has 0 spiro atoms. The van der Waals surface area contributed by atoms with Gasteiger partial charge in [0.1, 0.15) is 6.04 Å². The van der Waals surface area contributed by atoms with Crippen LogP contribution in [-0.4, -0.2) is 58.8 Å². The lowest BCUT2D eigenvalue weighted by Gasteiger charge is -2.25. The largest absolute Gasteiger partial charge is 0.481 e. The molecule has 0 unspecified atom stereocenters. The summed E-state index contributed by atoms with van der Waals surface area (Å²) in [5, 5.41) is 20.7. The van der Waals surface area contributed by atoms with Gasteiger partial charge < -0.3 is 20.4 Å². The van der Waals surface area contributed by atoms with Crippen molar-refractivity contribution < 1.29 is 19.8 Å². The van der Waals surface area contributed by atoms with E-state index in [2.05, 4.69) is 17.1 Å². The van der Waals surface area contributed by atoms with E-state index in [1.54, 1.807) is 0 Å². The zero-order valence-electron chi connectivity index (χ0n) is 12.2. The van der Waals surface area contributed by atoms with Crippen LogP contribution in [0.1, 0.15) is 45.4 Å². The van der Waals surface area contributed by atoms with Crippen LogP contribution in [-0.2, 0) is 9.59 Å². The molecular formula is C14H26N2O4. The van der Waals surface area contributed by atoms with E-state index in [1.165, 1.54) is 12.8 Å². The zero-order chi connectivity index (χ0) is 15.0. The molecular weight excluding hydrogens is 260 g/mol. The third-order valence-electron chi connectivity index (χ3n) is 3.93. The molecule has 1 saturated heterocycles. The van der Waals surface area contributed by atoms with Crippen molar-refractivity contribution in [3.8, 4) is 0 Å². The first-order chi connectivity index (χ1) is 9.54. The minimum atomic E-state index is -0.854. The van der Waals surface area contributed by atoms with Crippen molar-refractivity contribution in [3.63, 3.8) is 0 Å². The molecule has 0 amide bonds. The van der Waals surface area contributed by atoms with Crippen molar-refractivity contribution in [2.45, 2.75) is 57.5 Å². The number of hydrogen-bond donors (Lipinski definition) is 3. The normalized spacial score (nSPS) is 20.9. The molecule has 3 N–H and O–H groups in total. The minimum absolute atomic E-state index is 0.0728. The molecule has 2 atom stereocenters. The molecule has 20 heavy (non-hydrogen) atoms. The first-order valence-corrected chi connectivity index (χ1v) is 7.46. The molecule has 0 aromatic rings. The van der Waals surface area contributed by atoms with Crippen molar-refractivity contribution in [3.05, 3.63) is 0 Å². The lowest BCUT2D eigenvalue weighted by Crippen LogP contribution is -2.41. The van der Waals surface area contributed by atoms with Crippen molar-refractivity contribution in [1.29, 1.82) is 0 Å². The van der Waals surface area contributed by atoms with Crippen molar-refractivity contribution in [2.24, 2.45) is 0 Å². The quantitative estimate of drug-likeness (QED) is 0.522. The monoisotopic (exact) mass is 286 g/mol. The molecule has 0 aromatic heterocycles. The highest BCUT2D eigenvalue weighted by Gasteiger charge is 2.25. The number of rotatable bonds is 10. The van der Waals surface area contributed by atoms with Crippen LogP contribution in [0.5, 0.6) is 0 Å². The summed E-state index contributed by atoms with van der Waals surface area (Å²) in [6.07, 6.45) is 4.62. The first kappa shape index (κ1) is 16.9. The maximum absolute atomic E-state index is 11.2. The molecule has 1 heterocycles. The Kier molecular flexibility index (Phi) is 7.54. The standard InChI is InChI=1S/C14H26N2O4/c1-2-11-5-4-9-16(11)10-7-12(14(19)20)15-8-3-6-13(17)18/h11-12,15H,2-10H2,1H3,(H,17,18)(H,19,20)/t11-,12+/m1/s1. The smallest absolute Gasteiger partial charge is 0.320 e. The Bertz CT molecular complexity index is 322. The Morgan fingerprint density at radius 3 is 2.75 bits per heavy atom. The summed E-state index contributed by atoms with van der Waals surface area (Å²) in [7, 11) is 0. The number of hydrogen-bond acceptors (Lipinski definition) is 4.